The average molecular weight is 357 g/mol. The summed E-state index contributed by atoms with van der Waals surface area (Å²) in [5, 5.41) is 14.6. The second-order valence-electron chi connectivity index (χ2n) is 5.24. The van der Waals surface area contributed by atoms with E-state index in [9.17, 15) is 14.7 Å². The highest BCUT2D eigenvalue weighted by Gasteiger charge is 2.47. The van der Waals surface area contributed by atoms with Crippen molar-refractivity contribution in [2.24, 2.45) is 5.41 Å². The summed E-state index contributed by atoms with van der Waals surface area (Å²) in [6, 6.07) is 6.62. The predicted molar refractivity (Wildman–Crippen MR) is 79.9 cm³/mol. The molecule has 0 radical (unpaired) electrons. The van der Waals surface area contributed by atoms with E-state index in [0.717, 1.165) is 10.0 Å². The zero-order valence-corrected chi connectivity index (χ0v) is 13.1. The van der Waals surface area contributed by atoms with Gasteiger partial charge >= 0.3 is 12.0 Å². The maximum absolute atomic E-state index is 11.9. The van der Waals surface area contributed by atoms with E-state index in [-0.39, 0.29) is 13.2 Å². The number of hydrogen-bond acceptors (Lipinski definition) is 3. The number of benzene rings is 1. The highest BCUT2D eigenvalue weighted by atomic mass is 79.9. The van der Waals surface area contributed by atoms with Gasteiger partial charge in [0, 0.05) is 11.0 Å². The molecular formula is C14H17BrN2O4. The Kier molecular flexibility index (Phi) is 4.84. The molecule has 1 aliphatic rings. The van der Waals surface area contributed by atoms with Gasteiger partial charge in [0.05, 0.1) is 19.3 Å². The Hall–Kier alpha value is -1.60. The first-order valence-corrected chi connectivity index (χ1v) is 7.31. The quantitative estimate of drug-likeness (QED) is 0.766. The third kappa shape index (κ3) is 3.74. The number of aliphatic carboxylic acids is 1. The Morgan fingerprint density at radius 1 is 1.43 bits per heavy atom. The van der Waals surface area contributed by atoms with Gasteiger partial charge in [-0.05, 0) is 24.6 Å². The summed E-state index contributed by atoms with van der Waals surface area (Å²) in [6.45, 7) is 2.24. The predicted octanol–water partition coefficient (Wildman–Crippen LogP) is 1.74. The van der Waals surface area contributed by atoms with Crippen molar-refractivity contribution in [2.75, 3.05) is 13.2 Å². The lowest BCUT2D eigenvalue weighted by molar-refractivity contribution is -0.148. The molecule has 21 heavy (non-hydrogen) atoms. The van der Waals surface area contributed by atoms with Gasteiger partial charge in [0.15, 0.2) is 0 Å². The fraction of sp³-hybridized carbons (Fsp3) is 0.429. The highest BCUT2D eigenvalue weighted by Crippen LogP contribution is 2.28. The Morgan fingerprint density at radius 3 is 2.71 bits per heavy atom. The molecule has 1 fully saturated rings. The number of carboxylic acid groups (broad SMARTS) is 1. The number of carbonyl (C=O) groups excluding carboxylic acids is 1. The van der Waals surface area contributed by atoms with Crippen LogP contribution >= 0.6 is 15.9 Å². The molecule has 2 amide bonds. The van der Waals surface area contributed by atoms with Gasteiger partial charge in [-0.2, -0.15) is 0 Å². The van der Waals surface area contributed by atoms with Crippen LogP contribution in [-0.4, -0.2) is 36.4 Å². The maximum atomic E-state index is 11.9. The molecule has 1 aromatic carbocycles. The summed E-state index contributed by atoms with van der Waals surface area (Å²) in [6.07, 6.45) is 0. The van der Waals surface area contributed by atoms with E-state index in [2.05, 4.69) is 26.6 Å². The first-order chi connectivity index (χ1) is 9.91. The van der Waals surface area contributed by atoms with Gasteiger partial charge < -0.3 is 20.5 Å². The molecule has 1 aliphatic heterocycles. The number of amides is 2. The van der Waals surface area contributed by atoms with Gasteiger partial charge in [-0.15, -0.1) is 0 Å². The van der Waals surface area contributed by atoms with Crippen LogP contribution < -0.4 is 10.6 Å². The number of hydrogen-bond donors (Lipinski definition) is 3. The molecule has 0 bridgehead atoms. The zero-order valence-electron chi connectivity index (χ0n) is 11.6. The van der Waals surface area contributed by atoms with Crippen molar-refractivity contribution in [3.05, 3.63) is 34.3 Å². The van der Waals surface area contributed by atoms with Crippen LogP contribution in [0.15, 0.2) is 28.7 Å². The summed E-state index contributed by atoms with van der Waals surface area (Å²) in [5.74, 6) is -0.974. The zero-order chi connectivity index (χ0) is 15.5. The van der Waals surface area contributed by atoms with Crippen LogP contribution in [0.3, 0.4) is 0 Å². The lowest BCUT2D eigenvalue weighted by Gasteiger charge is -2.25. The van der Waals surface area contributed by atoms with E-state index >= 15 is 0 Å². The molecule has 0 saturated carbocycles. The smallest absolute Gasteiger partial charge is 0.315 e. The van der Waals surface area contributed by atoms with Crippen molar-refractivity contribution >= 4 is 27.9 Å². The summed E-state index contributed by atoms with van der Waals surface area (Å²) in [4.78, 5) is 23.1. The van der Waals surface area contributed by atoms with E-state index in [4.69, 9.17) is 4.74 Å². The molecular weight excluding hydrogens is 340 g/mol. The molecule has 114 valence electrons. The third-order valence-corrected chi connectivity index (χ3v) is 4.14. The van der Waals surface area contributed by atoms with E-state index in [1.54, 1.807) is 6.92 Å². The van der Waals surface area contributed by atoms with Crippen LogP contribution in [0.2, 0.25) is 0 Å². The fourth-order valence-electron chi connectivity index (χ4n) is 2.08. The van der Waals surface area contributed by atoms with E-state index in [1.165, 1.54) is 0 Å². The van der Waals surface area contributed by atoms with Crippen LogP contribution in [-0.2, 0) is 16.1 Å². The highest BCUT2D eigenvalue weighted by molar-refractivity contribution is 9.10. The van der Waals surface area contributed by atoms with E-state index in [0.29, 0.717) is 6.54 Å². The van der Waals surface area contributed by atoms with Gasteiger partial charge in [-0.3, -0.25) is 4.79 Å². The molecule has 0 aliphatic carbocycles. The van der Waals surface area contributed by atoms with Crippen molar-refractivity contribution < 1.29 is 19.4 Å². The number of halogens is 1. The minimum Gasteiger partial charge on any atom is -0.481 e. The van der Waals surface area contributed by atoms with Gasteiger partial charge in [-0.25, -0.2) is 4.79 Å². The Morgan fingerprint density at radius 2 is 2.10 bits per heavy atom. The van der Waals surface area contributed by atoms with Crippen molar-refractivity contribution in [1.29, 1.82) is 0 Å². The molecule has 1 heterocycles. The molecule has 6 nitrogen and oxygen atoms in total. The largest absolute Gasteiger partial charge is 0.481 e. The first-order valence-electron chi connectivity index (χ1n) is 6.52. The van der Waals surface area contributed by atoms with Gasteiger partial charge in [0.25, 0.3) is 0 Å². The summed E-state index contributed by atoms with van der Waals surface area (Å²) < 4.78 is 6.15. The van der Waals surface area contributed by atoms with Crippen molar-refractivity contribution in [3.8, 4) is 0 Å². The number of ether oxygens (including phenoxy) is 1. The van der Waals surface area contributed by atoms with Gasteiger partial charge in [0.2, 0.25) is 0 Å². The van der Waals surface area contributed by atoms with E-state index < -0.39 is 23.5 Å². The second-order valence-corrected chi connectivity index (χ2v) is 6.16. The number of nitrogens with one attached hydrogen (secondary N) is 2. The molecule has 2 unspecified atom stereocenters. The average Bonchev–Trinajstić information content (AvgIpc) is 2.81. The first kappa shape index (κ1) is 15.8. The minimum absolute atomic E-state index is 0.0972. The standard InChI is InChI=1S/C14H17BrN2O4/c1-14(12(18)19)8-21-7-11(14)17-13(20)16-6-9-2-4-10(15)5-3-9/h2-5,11H,6-8H2,1H3,(H,18,19)(H2,16,17,20). The lowest BCUT2D eigenvalue weighted by atomic mass is 9.85. The minimum atomic E-state index is -1.09. The second kappa shape index (κ2) is 6.44. The topological polar surface area (TPSA) is 87.7 Å². The van der Waals surface area contributed by atoms with Crippen LogP contribution in [0.5, 0.6) is 0 Å². The molecule has 0 spiro atoms. The Bertz CT molecular complexity index is 534. The Labute approximate surface area is 131 Å². The van der Waals surface area contributed by atoms with Crippen molar-refractivity contribution in [2.45, 2.75) is 19.5 Å². The number of rotatable bonds is 4. The van der Waals surface area contributed by atoms with Gasteiger partial charge in [-0.1, -0.05) is 28.1 Å². The maximum Gasteiger partial charge on any atom is 0.315 e. The molecule has 7 heteroatoms. The number of carboxylic acids is 1. The monoisotopic (exact) mass is 356 g/mol. The van der Waals surface area contributed by atoms with Crippen molar-refractivity contribution in [1.82, 2.24) is 10.6 Å². The Balaban J connectivity index is 1.87. The van der Waals surface area contributed by atoms with Crippen LogP contribution in [0.1, 0.15) is 12.5 Å². The summed E-state index contributed by atoms with van der Waals surface area (Å²) >= 11 is 3.34. The van der Waals surface area contributed by atoms with Crippen LogP contribution in [0, 0.1) is 5.41 Å². The van der Waals surface area contributed by atoms with Crippen LogP contribution in [0.4, 0.5) is 4.79 Å². The van der Waals surface area contributed by atoms with Gasteiger partial charge in [0.1, 0.15) is 5.41 Å². The van der Waals surface area contributed by atoms with Crippen molar-refractivity contribution in [3.63, 3.8) is 0 Å². The molecule has 2 rings (SSSR count). The lowest BCUT2D eigenvalue weighted by Crippen LogP contribution is -2.52. The summed E-state index contributed by atoms with van der Waals surface area (Å²) in [5.41, 5.74) is -0.133. The van der Waals surface area contributed by atoms with Crippen LogP contribution in [0.25, 0.3) is 0 Å². The SMILES string of the molecule is CC1(C(=O)O)COCC1NC(=O)NCc1ccc(Br)cc1. The molecule has 1 aromatic rings. The number of urea groups is 1. The molecule has 0 aromatic heterocycles. The molecule has 1 saturated heterocycles. The molecule has 3 N–H and O–H groups in total. The normalized spacial score (nSPS) is 24.6. The van der Waals surface area contributed by atoms with E-state index in [1.807, 2.05) is 24.3 Å². The third-order valence-electron chi connectivity index (χ3n) is 3.62. The number of carbonyl (C=O) groups is 2. The fourth-order valence-corrected chi connectivity index (χ4v) is 2.34. The summed E-state index contributed by atoms with van der Waals surface area (Å²) in [7, 11) is 0. The molecule has 2 atom stereocenters.